The van der Waals surface area contributed by atoms with Crippen LogP contribution in [-0.4, -0.2) is 23.1 Å². The number of fused-ring (bicyclic) bond motifs is 1. The van der Waals surface area contributed by atoms with Crippen LogP contribution in [0.3, 0.4) is 0 Å². The van der Waals surface area contributed by atoms with Gasteiger partial charge in [-0.2, -0.15) is 10.2 Å². The lowest BCUT2D eigenvalue weighted by atomic mass is 9.67. The summed E-state index contributed by atoms with van der Waals surface area (Å²) in [6, 6.07) is 9.23. The second kappa shape index (κ2) is 3.90. The van der Waals surface area contributed by atoms with E-state index < -0.39 is 0 Å². The van der Waals surface area contributed by atoms with E-state index in [4.69, 9.17) is 0 Å². The zero-order valence-corrected chi connectivity index (χ0v) is 8.92. The van der Waals surface area contributed by atoms with Gasteiger partial charge in [-0.25, -0.2) is 0 Å². The lowest BCUT2D eigenvalue weighted by Gasteiger charge is -2.24. The Kier molecular flexibility index (Phi) is 2.25. The van der Waals surface area contributed by atoms with Crippen LogP contribution in [0.5, 0.6) is 0 Å². The summed E-state index contributed by atoms with van der Waals surface area (Å²) in [5.41, 5.74) is 2.37. The van der Waals surface area contributed by atoms with Crippen LogP contribution in [0.25, 0.3) is 0 Å². The van der Waals surface area contributed by atoms with Crippen molar-refractivity contribution in [3.8, 4) is 0 Å². The Morgan fingerprint density at radius 3 is 2.76 bits per heavy atom. The highest BCUT2D eigenvalue weighted by Crippen LogP contribution is 2.17. The van der Waals surface area contributed by atoms with Crippen molar-refractivity contribution in [2.75, 3.05) is 5.23 Å². The van der Waals surface area contributed by atoms with E-state index in [-0.39, 0.29) is 12.9 Å². The Morgan fingerprint density at radius 2 is 1.94 bits per heavy atom. The molecule has 1 aromatic heterocycles. The smallest absolute Gasteiger partial charge is 0.405 e. The zero-order valence-electron chi connectivity index (χ0n) is 8.92. The van der Waals surface area contributed by atoms with E-state index in [1.54, 1.807) is 18.5 Å². The maximum atomic E-state index is 11.9. The first kappa shape index (κ1) is 9.83. The van der Waals surface area contributed by atoms with Crippen LogP contribution in [-0.2, 0) is 0 Å². The molecule has 2 aromatic rings. The summed E-state index contributed by atoms with van der Waals surface area (Å²) < 4.78 is 0. The average molecular weight is 224 g/mol. The van der Waals surface area contributed by atoms with E-state index in [1.165, 1.54) is 0 Å². The van der Waals surface area contributed by atoms with Crippen molar-refractivity contribution in [3.63, 3.8) is 0 Å². The van der Waals surface area contributed by atoms with Gasteiger partial charge < -0.3 is 10.5 Å². The number of anilines is 1. The molecule has 1 aliphatic rings. The molecule has 1 aliphatic heterocycles. The lowest BCUT2D eigenvalue weighted by Crippen LogP contribution is -2.57. The minimum absolute atomic E-state index is 0.0823. The molecule has 17 heavy (non-hydrogen) atoms. The molecule has 0 saturated carbocycles. The fraction of sp³-hybridized carbons (Fsp3) is 0. The standard InChI is InChI=1S/C11H9BN4O/c17-11-9-3-1-2-4-10(9)15-12(16-11)8-5-6-13-14-7-8/h1-7,15H,(H,16,17). The maximum absolute atomic E-state index is 11.9. The Labute approximate surface area is 98.4 Å². The molecular formula is C11H9BN4O. The number of nitrogens with one attached hydrogen (secondary N) is 2. The number of benzene rings is 1. The summed E-state index contributed by atoms with van der Waals surface area (Å²) in [6.45, 7) is -0.257. The quantitative estimate of drug-likeness (QED) is 0.670. The number of rotatable bonds is 1. The third kappa shape index (κ3) is 1.73. The van der Waals surface area contributed by atoms with Crippen LogP contribution in [0.2, 0.25) is 0 Å². The van der Waals surface area contributed by atoms with E-state index in [2.05, 4.69) is 20.7 Å². The van der Waals surface area contributed by atoms with Crippen LogP contribution < -0.4 is 15.9 Å². The molecular weight excluding hydrogens is 215 g/mol. The molecule has 0 atom stereocenters. The summed E-state index contributed by atoms with van der Waals surface area (Å²) in [5.74, 6) is -0.0823. The second-order valence-electron chi connectivity index (χ2n) is 3.77. The summed E-state index contributed by atoms with van der Waals surface area (Å²) >= 11 is 0. The summed E-state index contributed by atoms with van der Waals surface area (Å²) in [6.07, 6.45) is 3.23. The number of nitrogens with zero attached hydrogens (tertiary/aromatic N) is 2. The molecule has 1 amide bonds. The Hall–Kier alpha value is -2.37. The summed E-state index contributed by atoms with van der Waals surface area (Å²) in [7, 11) is 0. The molecule has 0 aliphatic carbocycles. The van der Waals surface area contributed by atoms with Gasteiger partial charge >= 0.3 is 6.98 Å². The molecule has 0 radical (unpaired) electrons. The molecule has 2 N–H and O–H groups in total. The van der Waals surface area contributed by atoms with Gasteiger partial charge in [0.1, 0.15) is 0 Å². The summed E-state index contributed by atoms with van der Waals surface area (Å²) in [4.78, 5) is 11.9. The highest BCUT2D eigenvalue weighted by Gasteiger charge is 2.28. The van der Waals surface area contributed by atoms with Crippen molar-refractivity contribution >= 4 is 24.0 Å². The number of hydrogen-bond donors (Lipinski definition) is 2. The Bertz CT molecular complexity index is 560. The van der Waals surface area contributed by atoms with Crippen molar-refractivity contribution in [1.29, 1.82) is 0 Å². The number of para-hydroxylation sites is 1. The van der Waals surface area contributed by atoms with Crippen molar-refractivity contribution in [3.05, 3.63) is 48.3 Å². The lowest BCUT2D eigenvalue weighted by molar-refractivity contribution is 0.0979. The van der Waals surface area contributed by atoms with Gasteiger partial charge in [0.2, 0.25) is 5.91 Å². The van der Waals surface area contributed by atoms with Crippen molar-refractivity contribution < 1.29 is 4.79 Å². The highest BCUT2D eigenvalue weighted by molar-refractivity contribution is 6.77. The number of amides is 1. The first-order valence-electron chi connectivity index (χ1n) is 5.27. The number of aromatic nitrogens is 2. The fourth-order valence-corrected chi connectivity index (χ4v) is 1.85. The van der Waals surface area contributed by atoms with Crippen molar-refractivity contribution in [2.24, 2.45) is 0 Å². The summed E-state index contributed by atoms with van der Waals surface area (Å²) in [5, 5.41) is 13.6. The minimum atomic E-state index is -0.257. The Morgan fingerprint density at radius 1 is 1.06 bits per heavy atom. The van der Waals surface area contributed by atoms with Gasteiger partial charge in [-0.3, -0.25) is 4.79 Å². The molecule has 6 heteroatoms. The molecule has 2 heterocycles. The third-order valence-electron chi connectivity index (χ3n) is 2.69. The average Bonchev–Trinajstić information content (AvgIpc) is 2.40. The van der Waals surface area contributed by atoms with E-state index >= 15 is 0 Å². The number of carbonyl (C=O) groups is 1. The molecule has 0 saturated heterocycles. The molecule has 0 unspecified atom stereocenters. The largest absolute Gasteiger partial charge is 0.410 e. The van der Waals surface area contributed by atoms with E-state index in [0.29, 0.717) is 5.56 Å². The third-order valence-corrected chi connectivity index (χ3v) is 2.69. The second-order valence-corrected chi connectivity index (χ2v) is 3.77. The first-order valence-corrected chi connectivity index (χ1v) is 5.27. The van der Waals surface area contributed by atoms with Crippen molar-refractivity contribution in [1.82, 2.24) is 15.4 Å². The predicted molar refractivity (Wildman–Crippen MR) is 65.0 cm³/mol. The van der Waals surface area contributed by atoms with E-state index in [9.17, 15) is 4.79 Å². The Balaban J connectivity index is 1.97. The SMILES string of the molecule is O=C1NB(c2ccnnc2)Nc2ccccc21. The zero-order chi connectivity index (χ0) is 11.7. The molecule has 82 valence electrons. The topological polar surface area (TPSA) is 66.9 Å². The van der Waals surface area contributed by atoms with Crippen LogP contribution >= 0.6 is 0 Å². The van der Waals surface area contributed by atoms with E-state index in [0.717, 1.165) is 11.2 Å². The van der Waals surface area contributed by atoms with Crippen LogP contribution in [0.4, 0.5) is 5.69 Å². The van der Waals surface area contributed by atoms with Crippen LogP contribution in [0, 0.1) is 0 Å². The number of hydrogen-bond acceptors (Lipinski definition) is 4. The van der Waals surface area contributed by atoms with E-state index in [1.807, 2.05) is 24.3 Å². The minimum Gasteiger partial charge on any atom is -0.405 e. The fourth-order valence-electron chi connectivity index (χ4n) is 1.85. The van der Waals surface area contributed by atoms with Gasteiger partial charge in [0.15, 0.2) is 0 Å². The molecule has 0 fully saturated rings. The maximum Gasteiger partial charge on any atom is 0.410 e. The molecule has 1 aromatic carbocycles. The predicted octanol–water partition coefficient (Wildman–Crippen LogP) is 0.0273. The number of carbonyl (C=O) groups excluding carboxylic acids is 1. The van der Waals surface area contributed by atoms with Crippen LogP contribution in [0.15, 0.2) is 42.7 Å². The van der Waals surface area contributed by atoms with Gasteiger partial charge in [-0.05, 0) is 23.7 Å². The van der Waals surface area contributed by atoms with Gasteiger partial charge in [0.25, 0.3) is 0 Å². The highest BCUT2D eigenvalue weighted by atomic mass is 16.1. The molecule has 0 spiro atoms. The molecule has 0 bridgehead atoms. The monoisotopic (exact) mass is 224 g/mol. The van der Waals surface area contributed by atoms with Crippen molar-refractivity contribution in [2.45, 2.75) is 0 Å². The van der Waals surface area contributed by atoms with Gasteiger partial charge in [0, 0.05) is 18.1 Å². The molecule has 5 nitrogen and oxygen atoms in total. The normalized spacial score (nSPS) is 13.6. The van der Waals surface area contributed by atoms with Gasteiger partial charge in [-0.1, -0.05) is 12.1 Å². The van der Waals surface area contributed by atoms with Gasteiger partial charge in [-0.15, -0.1) is 0 Å². The van der Waals surface area contributed by atoms with Crippen LogP contribution in [0.1, 0.15) is 10.4 Å². The first-order chi connectivity index (χ1) is 8.34. The molecule has 3 rings (SSSR count). The van der Waals surface area contributed by atoms with Gasteiger partial charge in [0.05, 0.1) is 5.56 Å².